The van der Waals surface area contributed by atoms with Crippen LogP contribution in [0, 0.1) is 5.92 Å². The Kier molecular flexibility index (Phi) is 4.88. The first-order valence-electron chi connectivity index (χ1n) is 7.24. The van der Waals surface area contributed by atoms with Gasteiger partial charge in [-0.2, -0.15) is 0 Å². The number of aliphatic hydroxyl groups is 1. The van der Waals surface area contributed by atoms with Crippen molar-refractivity contribution in [2.75, 3.05) is 0 Å². The topological polar surface area (TPSA) is 71.3 Å². The number of rotatable bonds is 5. The van der Waals surface area contributed by atoms with Crippen LogP contribution in [0.1, 0.15) is 44.7 Å². The molecular weight excluding hydrogens is 276 g/mol. The Labute approximate surface area is 121 Å². The molecule has 2 N–H and O–H groups in total. The van der Waals surface area contributed by atoms with E-state index < -0.39 is 10.0 Å². The summed E-state index contributed by atoms with van der Waals surface area (Å²) >= 11 is 0. The average Bonchev–Trinajstić information content (AvgIpc) is 2.81. The fourth-order valence-electron chi connectivity index (χ4n) is 2.86. The highest BCUT2D eigenvalue weighted by Gasteiger charge is 2.25. The van der Waals surface area contributed by atoms with Crippen LogP contribution in [0.25, 0.3) is 0 Å². The molecule has 0 saturated heterocycles. The van der Waals surface area contributed by atoms with Crippen molar-refractivity contribution in [3.8, 4) is 0 Å². The molecule has 0 aliphatic heterocycles. The number of nitrogens with zero attached hydrogens (tertiary/aromatic N) is 1. The van der Waals surface area contributed by atoms with Gasteiger partial charge in [0.15, 0.2) is 0 Å². The Morgan fingerprint density at radius 1 is 1.35 bits per heavy atom. The molecule has 0 radical (unpaired) electrons. The second-order valence-corrected chi connectivity index (χ2v) is 7.40. The maximum Gasteiger partial charge on any atom is 0.242 e. The lowest BCUT2D eigenvalue weighted by Crippen LogP contribution is -2.37. The standard InChI is InChI=1S/C14H24N2O3S/c1-3-11-4-6-12(7-5-11)15-20(18,19)14-8-13(10-17)16(2)9-14/h8-9,11-12,15,17H,3-7,10H2,1-2H3. The lowest BCUT2D eigenvalue weighted by molar-refractivity contribution is 0.272. The highest BCUT2D eigenvalue weighted by Crippen LogP contribution is 2.27. The molecule has 1 fully saturated rings. The van der Waals surface area contributed by atoms with Crippen molar-refractivity contribution >= 4 is 10.0 Å². The summed E-state index contributed by atoms with van der Waals surface area (Å²) < 4.78 is 29.1. The van der Waals surface area contributed by atoms with Gasteiger partial charge < -0.3 is 9.67 Å². The van der Waals surface area contributed by atoms with Crippen LogP contribution in [0.4, 0.5) is 0 Å². The van der Waals surface area contributed by atoms with Crippen LogP contribution >= 0.6 is 0 Å². The van der Waals surface area contributed by atoms with E-state index in [1.807, 2.05) is 0 Å². The van der Waals surface area contributed by atoms with Crippen LogP contribution in [0.3, 0.4) is 0 Å². The molecule has 1 aliphatic carbocycles. The number of aliphatic hydroxyl groups excluding tert-OH is 1. The van der Waals surface area contributed by atoms with Gasteiger partial charge in [-0.25, -0.2) is 13.1 Å². The van der Waals surface area contributed by atoms with Crippen molar-refractivity contribution in [2.45, 2.75) is 56.6 Å². The Hall–Kier alpha value is -0.850. The largest absolute Gasteiger partial charge is 0.390 e. The van der Waals surface area contributed by atoms with Crippen molar-refractivity contribution in [1.29, 1.82) is 0 Å². The molecular formula is C14H24N2O3S. The van der Waals surface area contributed by atoms with E-state index in [9.17, 15) is 8.42 Å². The first-order valence-corrected chi connectivity index (χ1v) is 8.73. The summed E-state index contributed by atoms with van der Waals surface area (Å²) in [6, 6.07) is 1.57. The molecule has 114 valence electrons. The third-order valence-corrected chi connectivity index (χ3v) is 5.79. The van der Waals surface area contributed by atoms with Crippen molar-refractivity contribution < 1.29 is 13.5 Å². The number of nitrogens with one attached hydrogen (secondary N) is 1. The van der Waals surface area contributed by atoms with Crippen molar-refractivity contribution in [1.82, 2.24) is 9.29 Å². The SMILES string of the molecule is CCC1CCC(NS(=O)(=O)c2cc(CO)n(C)c2)CC1. The van der Waals surface area contributed by atoms with Crippen LogP contribution in [0.2, 0.25) is 0 Å². The zero-order valence-electron chi connectivity index (χ0n) is 12.2. The zero-order valence-corrected chi connectivity index (χ0v) is 13.0. The molecule has 1 aromatic rings. The maximum absolute atomic E-state index is 12.3. The summed E-state index contributed by atoms with van der Waals surface area (Å²) in [6.45, 7) is 2.03. The first-order chi connectivity index (χ1) is 9.46. The summed E-state index contributed by atoms with van der Waals surface area (Å²) in [5, 5.41) is 9.14. The normalized spacial score (nSPS) is 23.9. The molecule has 0 unspecified atom stereocenters. The molecule has 0 aromatic carbocycles. The monoisotopic (exact) mass is 300 g/mol. The van der Waals surface area contributed by atoms with Crippen LogP contribution in [0.5, 0.6) is 0 Å². The van der Waals surface area contributed by atoms with E-state index in [-0.39, 0.29) is 17.5 Å². The highest BCUT2D eigenvalue weighted by molar-refractivity contribution is 7.89. The molecule has 20 heavy (non-hydrogen) atoms. The first kappa shape index (κ1) is 15.5. The fraction of sp³-hybridized carbons (Fsp3) is 0.714. The van der Waals surface area contributed by atoms with Gasteiger partial charge in [-0.05, 0) is 37.7 Å². The summed E-state index contributed by atoms with van der Waals surface area (Å²) in [5.74, 6) is 0.744. The molecule has 1 saturated carbocycles. The molecule has 6 heteroatoms. The van der Waals surface area contributed by atoms with Crippen LogP contribution in [0.15, 0.2) is 17.2 Å². The number of sulfonamides is 1. The van der Waals surface area contributed by atoms with Crippen LogP contribution in [-0.2, 0) is 23.7 Å². The van der Waals surface area contributed by atoms with Gasteiger partial charge in [-0.15, -0.1) is 0 Å². The quantitative estimate of drug-likeness (QED) is 0.870. The number of hydrogen-bond acceptors (Lipinski definition) is 3. The minimum absolute atomic E-state index is 0.0422. The Morgan fingerprint density at radius 3 is 2.50 bits per heavy atom. The fourth-order valence-corrected chi connectivity index (χ4v) is 4.26. The van der Waals surface area contributed by atoms with Gasteiger partial charge >= 0.3 is 0 Å². The van der Waals surface area contributed by atoms with Crippen molar-refractivity contribution in [3.05, 3.63) is 18.0 Å². The Bertz CT molecular complexity index is 543. The zero-order chi connectivity index (χ0) is 14.8. The van der Waals surface area contributed by atoms with Crippen molar-refractivity contribution in [3.63, 3.8) is 0 Å². The summed E-state index contributed by atoms with van der Waals surface area (Å²) in [5.41, 5.74) is 0.597. The Morgan fingerprint density at radius 2 is 2.00 bits per heavy atom. The molecule has 2 rings (SSSR count). The van der Waals surface area contributed by atoms with E-state index in [0.717, 1.165) is 31.6 Å². The van der Waals surface area contributed by atoms with Crippen LogP contribution in [-0.4, -0.2) is 24.1 Å². The summed E-state index contributed by atoms with van der Waals surface area (Å²) in [4.78, 5) is 0.238. The van der Waals surface area contributed by atoms with Gasteiger partial charge in [-0.1, -0.05) is 13.3 Å². The van der Waals surface area contributed by atoms with Gasteiger partial charge in [0.25, 0.3) is 0 Å². The third kappa shape index (κ3) is 3.42. The molecule has 0 spiro atoms. The van der Waals surface area contributed by atoms with Gasteiger partial charge in [-0.3, -0.25) is 0 Å². The van der Waals surface area contributed by atoms with Gasteiger partial charge in [0.05, 0.1) is 11.5 Å². The highest BCUT2D eigenvalue weighted by atomic mass is 32.2. The van der Waals surface area contributed by atoms with Crippen molar-refractivity contribution in [2.24, 2.45) is 13.0 Å². The third-order valence-electron chi connectivity index (χ3n) is 4.30. The van der Waals surface area contributed by atoms with E-state index in [4.69, 9.17) is 5.11 Å². The molecule has 1 heterocycles. The van der Waals surface area contributed by atoms with Gasteiger partial charge in [0.1, 0.15) is 0 Å². The lowest BCUT2D eigenvalue weighted by atomic mass is 9.85. The average molecular weight is 300 g/mol. The second-order valence-electron chi connectivity index (χ2n) is 5.68. The van der Waals surface area contributed by atoms with E-state index in [2.05, 4.69) is 11.6 Å². The summed E-state index contributed by atoms with van der Waals surface area (Å²) in [6.07, 6.45) is 6.75. The molecule has 0 atom stereocenters. The van der Waals surface area contributed by atoms with Gasteiger partial charge in [0, 0.05) is 25.0 Å². The minimum atomic E-state index is -3.48. The van der Waals surface area contributed by atoms with E-state index in [1.54, 1.807) is 17.8 Å². The predicted molar refractivity (Wildman–Crippen MR) is 77.7 cm³/mol. The van der Waals surface area contributed by atoms with Gasteiger partial charge in [0.2, 0.25) is 10.0 Å². The molecule has 0 bridgehead atoms. The van der Waals surface area contributed by atoms with E-state index in [0.29, 0.717) is 5.69 Å². The smallest absolute Gasteiger partial charge is 0.242 e. The number of hydrogen-bond donors (Lipinski definition) is 2. The molecule has 1 aromatic heterocycles. The second kappa shape index (κ2) is 6.28. The lowest BCUT2D eigenvalue weighted by Gasteiger charge is -2.28. The minimum Gasteiger partial charge on any atom is -0.390 e. The maximum atomic E-state index is 12.3. The van der Waals surface area contributed by atoms with E-state index in [1.165, 1.54) is 12.5 Å². The Balaban J connectivity index is 2.04. The van der Waals surface area contributed by atoms with Crippen LogP contribution < -0.4 is 4.72 Å². The molecule has 5 nitrogen and oxygen atoms in total. The number of aryl methyl sites for hydroxylation is 1. The number of aromatic nitrogens is 1. The predicted octanol–water partition coefficient (Wildman–Crippen LogP) is 1.76. The molecule has 1 aliphatic rings. The summed E-state index contributed by atoms with van der Waals surface area (Å²) in [7, 11) is -1.74. The molecule has 0 amide bonds. The van der Waals surface area contributed by atoms with E-state index >= 15 is 0 Å².